The molecular weight excluding hydrogens is 250 g/mol. The van der Waals surface area contributed by atoms with Crippen LogP contribution in [0.25, 0.3) is 0 Å². The molecule has 2 unspecified atom stereocenters. The van der Waals surface area contributed by atoms with E-state index in [9.17, 15) is 5.11 Å². The zero-order chi connectivity index (χ0) is 13.0. The van der Waals surface area contributed by atoms with Gasteiger partial charge in [-0.05, 0) is 29.9 Å². The first kappa shape index (κ1) is 13.5. The van der Waals surface area contributed by atoms with Crippen LogP contribution < -0.4 is 15.2 Å². The number of aliphatic hydroxyl groups excluding tert-OH is 1. The van der Waals surface area contributed by atoms with E-state index in [0.29, 0.717) is 11.5 Å². The number of ether oxygens (including phenoxy) is 2. The van der Waals surface area contributed by atoms with Crippen LogP contribution in [0.4, 0.5) is 0 Å². The van der Waals surface area contributed by atoms with Gasteiger partial charge in [-0.3, -0.25) is 0 Å². The summed E-state index contributed by atoms with van der Waals surface area (Å²) < 4.78 is 11.2. The summed E-state index contributed by atoms with van der Waals surface area (Å²) >= 11 is 1.89. The van der Waals surface area contributed by atoms with Crippen molar-refractivity contribution in [2.24, 2.45) is 5.73 Å². The molecule has 1 aromatic rings. The molecule has 3 N–H and O–H groups in total. The molecule has 1 aliphatic heterocycles. The van der Waals surface area contributed by atoms with E-state index in [1.165, 1.54) is 0 Å². The SMILES string of the molecule is COc1ccc(C(O)CN)cc1OC1CCSC1. The smallest absolute Gasteiger partial charge is 0.161 e. The molecule has 0 bridgehead atoms. The number of thioether (sulfide) groups is 1. The van der Waals surface area contributed by atoms with Crippen LogP contribution in [0.5, 0.6) is 11.5 Å². The second-order valence-corrected chi connectivity index (χ2v) is 5.42. The van der Waals surface area contributed by atoms with Crippen LogP contribution in [0.1, 0.15) is 18.1 Å². The molecule has 2 atom stereocenters. The Balaban J connectivity index is 2.18. The lowest BCUT2D eigenvalue weighted by Crippen LogP contribution is -2.16. The van der Waals surface area contributed by atoms with E-state index in [2.05, 4.69) is 0 Å². The van der Waals surface area contributed by atoms with E-state index in [1.54, 1.807) is 7.11 Å². The predicted molar refractivity (Wildman–Crippen MR) is 73.4 cm³/mol. The van der Waals surface area contributed by atoms with Gasteiger partial charge in [-0.15, -0.1) is 0 Å². The van der Waals surface area contributed by atoms with Crippen LogP contribution in [0.3, 0.4) is 0 Å². The molecule has 0 saturated carbocycles. The molecule has 0 spiro atoms. The first-order valence-electron chi connectivity index (χ1n) is 6.05. The average Bonchev–Trinajstić information content (AvgIpc) is 2.90. The van der Waals surface area contributed by atoms with Gasteiger partial charge in [0.25, 0.3) is 0 Å². The van der Waals surface area contributed by atoms with Crippen molar-refractivity contribution in [2.75, 3.05) is 25.2 Å². The predicted octanol–water partition coefficient (Wildman–Crippen LogP) is 1.57. The van der Waals surface area contributed by atoms with Crippen LogP contribution in [0.2, 0.25) is 0 Å². The molecule has 5 heteroatoms. The van der Waals surface area contributed by atoms with Crippen molar-refractivity contribution in [3.8, 4) is 11.5 Å². The Morgan fingerprint density at radius 3 is 2.94 bits per heavy atom. The van der Waals surface area contributed by atoms with E-state index in [0.717, 1.165) is 23.5 Å². The fraction of sp³-hybridized carbons (Fsp3) is 0.538. The molecule has 18 heavy (non-hydrogen) atoms. The van der Waals surface area contributed by atoms with Crippen LogP contribution >= 0.6 is 11.8 Å². The normalized spacial score (nSPS) is 20.7. The second kappa shape index (κ2) is 6.31. The Morgan fingerprint density at radius 2 is 2.33 bits per heavy atom. The maximum absolute atomic E-state index is 9.75. The van der Waals surface area contributed by atoms with Crippen molar-refractivity contribution in [3.05, 3.63) is 23.8 Å². The zero-order valence-electron chi connectivity index (χ0n) is 10.5. The fourth-order valence-electron chi connectivity index (χ4n) is 1.91. The second-order valence-electron chi connectivity index (χ2n) is 4.27. The summed E-state index contributed by atoms with van der Waals surface area (Å²) in [6.45, 7) is 0.199. The summed E-state index contributed by atoms with van der Waals surface area (Å²) in [6.07, 6.45) is 0.627. The van der Waals surface area contributed by atoms with Crippen LogP contribution in [0, 0.1) is 0 Å². The van der Waals surface area contributed by atoms with E-state index in [1.807, 2.05) is 30.0 Å². The topological polar surface area (TPSA) is 64.7 Å². The number of nitrogens with two attached hydrogens (primary N) is 1. The lowest BCUT2D eigenvalue weighted by Gasteiger charge is -2.17. The van der Waals surface area contributed by atoms with Gasteiger partial charge in [-0.1, -0.05) is 6.07 Å². The number of aliphatic hydroxyl groups is 1. The standard InChI is InChI=1S/C13H19NO3S/c1-16-12-3-2-9(11(15)7-14)6-13(12)17-10-4-5-18-8-10/h2-3,6,10-11,15H,4-5,7-8,14H2,1H3. The van der Waals surface area contributed by atoms with Gasteiger partial charge in [0.15, 0.2) is 11.5 Å². The third-order valence-corrected chi connectivity index (χ3v) is 4.11. The van der Waals surface area contributed by atoms with Gasteiger partial charge in [0.1, 0.15) is 6.10 Å². The van der Waals surface area contributed by atoms with Crippen LogP contribution in [-0.4, -0.2) is 36.4 Å². The lowest BCUT2D eigenvalue weighted by atomic mass is 10.1. The Bertz CT molecular complexity index is 394. The number of benzene rings is 1. The van der Waals surface area contributed by atoms with E-state index in [-0.39, 0.29) is 12.6 Å². The first-order chi connectivity index (χ1) is 8.74. The van der Waals surface area contributed by atoms with Gasteiger partial charge >= 0.3 is 0 Å². The minimum atomic E-state index is -0.656. The Labute approximate surface area is 111 Å². The molecule has 100 valence electrons. The average molecular weight is 269 g/mol. The molecule has 0 aromatic heterocycles. The molecule has 2 rings (SSSR count). The minimum absolute atomic E-state index is 0.199. The van der Waals surface area contributed by atoms with Gasteiger partial charge in [-0.25, -0.2) is 0 Å². The van der Waals surface area contributed by atoms with Crippen molar-refractivity contribution in [1.82, 2.24) is 0 Å². The largest absolute Gasteiger partial charge is 0.493 e. The van der Waals surface area contributed by atoms with Crippen molar-refractivity contribution in [3.63, 3.8) is 0 Å². The summed E-state index contributed by atoms with van der Waals surface area (Å²) in [4.78, 5) is 0. The number of rotatable bonds is 5. The highest BCUT2D eigenvalue weighted by atomic mass is 32.2. The maximum atomic E-state index is 9.75. The summed E-state index contributed by atoms with van der Waals surface area (Å²) in [7, 11) is 1.62. The first-order valence-corrected chi connectivity index (χ1v) is 7.20. The molecule has 4 nitrogen and oxygen atoms in total. The van der Waals surface area contributed by atoms with Crippen molar-refractivity contribution >= 4 is 11.8 Å². The number of hydrogen-bond acceptors (Lipinski definition) is 5. The third-order valence-electron chi connectivity index (χ3n) is 2.98. The quantitative estimate of drug-likeness (QED) is 0.849. The molecule has 1 aliphatic rings. The van der Waals surface area contributed by atoms with Gasteiger partial charge < -0.3 is 20.3 Å². The molecule has 0 amide bonds. The van der Waals surface area contributed by atoms with E-state index < -0.39 is 6.10 Å². The maximum Gasteiger partial charge on any atom is 0.161 e. The molecule has 0 radical (unpaired) electrons. The number of methoxy groups -OCH3 is 1. The molecule has 1 fully saturated rings. The zero-order valence-corrected chi connectivity index (χ0v) is 11.3. The molecule has 0 aliphatic carbocycles. The van der Waals surface area contributed by atoms with Crippen molar-refractivity contribution in [2.45, 2.75) is 18.6 Å². The highest BCUT2D eigenvalue weighted by molar-refractivity contribution is 7.99. The lowest BCUT2D eigenvalue weighted by molar-refractivity contribution is 0.183. The van der Waals surface area contributed by atoms with E-state index >= 15 is 0 Å². The Hall–Kier alpha value is -0.910. The van der Waals surface area contributed by atoms with Gasteiger partial charge in [0.05, 0.1) is 13.2 Å². The van der Waals surface area contributed by atoms with Gasteiger partial charge in [-0.2, -0.15) is 11.8 Å². The van der Waals surface area contributed by atoms with Crippen molar-refractivity contribution < 1.29 is 14.6 Å². The van der Waals surface area contributed by atoms with Crippen LogP contribution in [0.15, 0.2) is 18.2 Å². The highest BCUT2D eigenvalue weighted by Crippen LogP contribution is 2.33. The highest BCUT2D eigenvalue weighted by Gasteiger charge is 2.19. The molecular formula is C13H19NO3S. The summed E-state index contributed by atoms with van der Waals surface area (Å²) in [6, 6.07) is 5.44. The van der Waals surface area contributed by atoms with Crippen LogP contribution in [-0.2, 0) is 0 Å². The monoisotopic (exact) mass is 269 g/mol. The fourth-order valence-corrected chi connectivity index (χ4v) is 3.01. The Morgan fingerprint density at radius 1 is 1.50 bits per heavy atom. The summed E-state index contributed by atoms with van der Waals surface area (Å²) in [5.74, 6) is 3.53. The molecule has 1 saturated heterocycles. The third kappa shape index (κ3) is 3.10. The number of hydrogen-bond donors (Lipinski definition) is 2. The molecule has 1 aromatic carbocycles. The molecule has 1 heterocycles. The van der Waals surface area contributed by atoms with Gasteiger partial charge in [0.2, 0.25) is 0 Å². The summed E-state index contributed by atoms with van der Waals surface area (Å²) in [5, 5.41) is 9.75. The Kier molecular flexibility index (Phi) is 4.74. The summed E-state index contributed by atoms with van der Waals surface area (Å²) in [5.41, 5.74) is 6.23. The van der Waals surface area contributed by atoms with Crippen molar-refractivity contribution in [1.29, 1.82) is 0 Å². The van der Waals surface area contributed by atoms with E-state index in [4.69, 9.17) is 15.2 Å². The van der Waals surface area contributed by atoms with Gasteiger partial charge in [0, 0.05) is 12.3 Å². The minimum Gasteiger partial charge on any atom is -0.493 e.